The van der Waals surface area contributed by atoms with E-state index in [9.17, 15) is 17.7 Å². The number of allylic oxidation sites excluding steroid dienone is 1. The van der Waals surface area contributed by atoms with Crippen LogP contribution in [0, 0.1) is 0 Å². The highest BCUT2D eigenvalue weighted by Crippen LogP contribution is 2.21. The van der Waals surface area contributed by atoms with Gasteiger partial charge in [0.2, 0.25) is 5.25 Å². The number of nitrogens with zero attached hydrogens (tertiary/aromatic N) is 4. The number of imidazole rings is 1. The first-order chi connectivity index (χ1) is 11.7. The molecule has 0 amide bonds. The molecule has 0 fully saturated rings. The van der Waals surface area contributed by atoms with Gasteiger partial charge in [0.25, 0.3) is 0 Å². The maximum Gasteiger partial charge on any atom is 0.429 e. The van der Waals surface area contributed by atoms with E-state index in [0.29, 0.717) is 27.8 Å². The van der Waals surface area contributed by atoms with Crippen molar-refractivity contribution in [2.45, 2.75) is 24.8 Å². The Hall–Kier alpha value is -2.07. The number of nitrogens with two attached hydrogens (primary N) is 1. The van der Waals surface area contributed by atoms with E-state index in [4.69, 9.17) is 5.73 Å². The van der Waals surface area contributed by atoms with Crippen LogP contribution in [-0.4, -0.2) is 43.2 Å². The normalized spacial score (nSPS) is 23.5. The summed E-state index contributed by atoms with van der Waals surface area (Å²) in [7, 11) is 1.70. The van der Waals surface area contributed by atoms with Gasteiger partial charge in [0, 0.05) is 13.5 Å². The van der Waals surface area contributed by atoms with Crippen molar-refractivity contribution in [3.8, 4) is 0 Å². The van der Waals surface area contributed by atoms with Gasteiger partial charge in [-0.1, -0.05) is 0 Å². The van der Waals surface area contributed by atoms with Crippen LogP contribution in [0.4, 0.5) is 13.2 Å². The van der Waals surface area contributed by atoms with Crippen molar-refractivity contribution in [2.75, 3.05) is 5.75 Å². The molecule has 0 spiro atoms. The molecule has 0 radical (unpaired) electrons. The molecule has 6 nitrogen and oxygen atoms in total. The topological polar surface area (TPSA) is 88.8 Å². The molecule has 25 heavy (non-hydrogen) atoms. The minimum Gasteiger partial charge on any atom is -0.384 e. The Kier molecular flexibility index (Phi) is 4.50. The van der Waals surface area contributed by atoms with E-state index in [-0.39, 0.29) is 12.2 Å². The molecule has 0 aromatic carbocycles. The number of alkyl halides is 3. The molecule has 1 aromatic rings. The molecule has 134 valence electrons. The maximum absolute atomic E-state index is 12.9. The monoisotopic (exact) mass is 372 g/mol. The molecule has 0 bridgehead atoms. The second kappa shape index (κ2) is 6.34. The summed E-state index contributed by atoms with van der Waals surface area (Å²) in [5.74, 6) is 0.780. The van der Waals surface area contributed by atoms with Gasteiger partial charge in [0.15, 0.2) is 11.2 Å². The van der Waals surface area contributed by atoms with Crippen LogP contribution in [0.25, 0.3) is 11.8 Å². The molecule has 2 aliphatic heterocycles. The van der Waals surface area contributed by atoms with Gasteiger partial charge in [0.05, 0.1) is 29.0 Å². The molecular formula is C15H17F3N5OS+. The van der Waals surface area contributed by atoms with E-state index in [1.165, 1.54) is 6.20 Å². The summed E-state index contributed by atoms with van der Waals surface area (Å²) in [6, 6.07) is 0. The number of aliphatic imine (C=N–C) groups is 2. The summed E-state index contributed by atoms with van der Waals surface area (Å²) in [6.45, 7) is 1.84. The predicted octanol–water partition coefficient (Wildman–Crippen LogP) is 0.233. The number of aromatic nitrogens is 2. The zero-order chi connectivity index (χ0) is 18.4. The van der Waals surface area contributed by atoms with Gasteiger partial charge in [-0.3, -0.25) is 4.99 Å². The maximum atomic E-state index is 12.9. The zero-order valence-corrected chi connectivity index (χ0v) is 14.4. The fourth-order valence-electron chi connectivity index (χ4n) is 2.73. The van der Waals surface area contributed by atoms with E-state index < -0.39 is 28.3 Å². The SMILES string of the molecule is CC[S+](O)C1C=NC(N)=CC1=c1nc2c(n1C)=CN=C(C(F)(F)F)C2. The second-order valence-electron chi connectivity index (χ2n) is 5.62. The van der Waals surface area contributed by atoms with Gasteiger partial charge >= 0.3 is 6.18 Å². The van der Waals surface area contributed by atoms with Crippen LogP contribution in [-0.2, 0) is 24.6 Å². The fraction of sp³-hybridized carbons (Fsp3) is 0.400. The Balaban J connectivity index is 2.17. The summed E-state index contributed by atoms with van der Waals surface area (Å²) in [4.78, 5) is 11.9. The van der Waals surface area contributed by atoms with Gasteiger partial charge in [-0.25, -0.2) is 9.98 Å². The molecular weight excluding hydrogens is 355 g/mol. The number of hydrogen-bond acceptors (Lipinski definition) is 5. The third-order valence-electron chi connectivity index (χ3n) is 4.04. The standard InChI is InChI=1S/C15H17F3N5OS/c1-3-25(24)11-7-21-13(19)4-8(11)14-22-9-5-12(15(16,17)18)20-6-10(9)23(14)2/h4,6-7,11,24H,3,5,19H2,1-2H3/q+1. The van der Waals surface area contributed by atoms with Crippen LogP contribution < -0.4 is 16.6 Å². The average molecular weight is 372 g/mol. The lowest BCUT2D eigenvalue weighted by atomic mass is 10.1. The predicted molar refractivity (Wildman–Crippen MR) is 92.6 cm³/mol. The molecule has 0 saturated heterocycles. The average Bonchev–Trinajstić information content (AvgIpc) is 2.89. The molecule has 10 heteroatoms. The highest BCUT2D eigenvalue weighted by molar-refractivity contribution is 7.93. The van der Waals surface area contributed by atoms with Crippen molar-refractivity contribution in [3.05, 3.63) is 28.4 Å². The molecule has 0 aliphatic carbocycles. The lowest BCUT2D eigenvalue weighted by Crippen LogP contribution is -2.36. The Bertz CT molecular complexity index is 913. The smallest absolute Gasteiger partial charge is 0.384 e. The Morgan fingerprint density at radius 3 is 2.80 bits per heavy atom. The van der Waals surface area contributed by atoms with Crippen molar-refractivity contribution in [3.63, 3.8) is 0 Å². The summed E-state index contributed by atoms with van der Waals surface area (Å²) in [5, 5.41) is 0.112. The third kappa shape index (κ3) is 3.23. The quantitative estimate of drug-likeness (QED) is 0.729. The highest BCUT2D eigenvalue weighted by Gasteiger charge is 2.38. The zero-order valence-electron chi connectivity index (χ0n) is 13.6. The third-order valence-corrected chi connectivity index (χ3v) is 5.59. The van der Waals surface area contributed by atoms with Crippen molar-refractivity contribution >= 4 is 34.9 Å². The van der Waals surface area contributed by atoms with Crippen molar-refractivity contribution < 1.29 is 17.7 Å². The summed E-state index contributed by atoms with van der Waals surface area (Å²) >= 11 is -0.983. The van der Waals surface area contributed by atoms with Gasteiger partial charge in [0.1, 0.15) is 22.8 Å². The molecule has 0 saturated carbocycles. The summed E-state index contributed by atoms with van der Waals surface area (Å²) in [5.41, 5.74) is 6.29. The first-order valence-electron chi connectivity index (χ1n) is 7.52. The molecule has 1 aromatic heterocycles. The number of fused-ring (bicyclic) bond motifs is 1. The number of hydrogen-bond donors (Lipinski definition) is 2. The number of halogens is 3. The lowest BCUT2D eigenvalue weighted by Gasteiger charge is -2.13. The van der Waals surface area contributed by atoms with E-state index in [1.807, 2.05) is 6.92 Å². The van der Waals surface area contributed by atoms with Crippen molar-refractivity contribution in [1.29, 1.82) is 0 Å². The van der Waals surface area contributed by atoms with Crippen LogP contribution in [0.5, 0.6) is 0 Å². The lowest BCUT2D eigenvalue weighted by molar-refractivity contribution is -0.0601. The molecule has 2 atom stereocenters. The Morgan fingerprint density at radius 1 is 1.44 bits per heavy atom. The first-order valence-corrected chi connectivity index (χ1v) is 8.93. The summed E-state index contributed by atoms with van der Waals surface area (Å²) < 4.78 is 50.6. The van der Waals surface area contributed by atoms with E-state index in [2.05, 4.69) is 15.0 Å². The Morgan fingerprint density at radius 2 is 2.16 bits per heavy atom. The Labute approximate surface area is 144 Å². The summed E-state index contributed by atoms with van der Waals surface area (Å²) in [6.07, 6.45) is -0.519. The van der Waals surface area contributed by atoms with Crippen LogP contribution >= 0.6 is 0 Å². The molecule has 3 rings (SSSR count). The van der Waals surface area contributed by atoms with Crippen LogP contribution in [0.3, 0.4) is 0 Å². The minimum absolute atomic E-state index is 0.261. The second-order valence-corrected chi connectivity index (χ2v) is 7.51. The van der Waals surface area contributed by atoms with Crippen molar-refractivity contribution in [1.82, 2.24) is 9.55 Å². The van der Waals surface area contributed by atoms with Crippen molar-refractivity contribution in [2.24, 2.45) is 22.8 Å². The molecule has 3 N–H and O–H groups in total. The van der Waals surface area contributed by atoms with E-state index in [1.54, 1.807) is 23.9 Å². The van der Waals surface area contributed by atoms with Crippen LogP contribution in [0.2, 0.25) is 0 Å². The van der Waals surface area contributed by atoms with Crippen LogP contribution in [0.15, 0.2) is 21.9 Å². The van der Waals surface area contributed by atoms with Gasteiger partial charge < -0.3 is 10.3 Å². The van der Waals surface area contributed by atoms with Gasteiger partial charge in [-0.2, -0.15) is 17.7 Å². The molecule has 2 unspecified atom stereocenters. The highest BCUT2D eigenvalue weighted by atomic mass is 32.2. The molecule has 3 heterocycles. The largest absolute Gasteiger partial charge is 0.429 e. The minimum atomic E-state index is -4.48. The number of rotatable bonds is 2. The van der Waals surface area contributed by atoms with E-state index in [0.717, 1.165) is 0 Å². The first kappa shape index (κ1) is 17.7. The van der Waals surface area contributed by atoms with Gasteiger partial charge in [-0.15, -0.1) is 0 Å². The van der Waals surface area contributed by atoms with Gasteiger partial charge in [-0.05, 0) is 13.0 Å². The van der Waals surface area contributed by atoms with E-state index >= 15 is 0 Å². The fourth-order valence-corrected chi connectivity index (χ4v) is 3.76. The van der Waals surface area contributed by atoms with Crippen LogP contribution in [0.1, 0.15) is 12.6 Å². The molecule has 2 aliphatic rings.